The standard InChI is InChI=1S/C15H12Cl2N2O3/c16-9-5-6-11(17)12(7-9)19-15(21)10-3-1-2-4-13(10)22-8-14(18)20/h1-7H,8H2,(H2,18,20)(H,19,21). The van der Waals surface area contributed by atoms with Gasteiger partial charge in [0.1, 0.15) is 5.75 Å². The molecule has 0 heterocycles. The van der Waals surface area contributed by atoms with Crippen LogP contribution in [0.3, 0.4) is 0 Å². The lowest BCUT2D eigenvalue weighted by molar-refractivity contribution is -0.119. The van der Waals surface area contributed by atoms with E-state index in [9.17, 15) is 9.59 Å². The van der Waals surface area contributed by atoms with E-state index in [1.807, 2.05) is 0 Å². The third kappa shape index (κ3) is 4.13. The third-order valence-electron chi connectivity index (χ3n) is 2.68. The fraction of sp³-hybridized carbons (Fsp3) is 0.0667. The van der Waals surface area contributed by atoms with Gasteiger partial charge in [0.15, 0.2) is 6.61 Å². The van der Waals surface area contributed by atoms with Crippen LogP contribution >= 0.6 is 23.2 Å². The van der Waals surface area contributed by atoms with Gasteiger partial charge in [0.2, 0.25) is 0 Å². The molecule has 2 aromatic carbocycles. The molecule has 0 aliphatic rings. The van der Waals surface area contributed by atoms with Crippen LogP contribution in [0.4, 0.5) is 5.69 Å². The molecule has 0 aromatic heterocycles. The van der Waals surface area contributed by atoms with Crippen molar-refractivity contribution < 1.29 is 14.3 Å². The zero-order chi connectivity index (χ0) is 16.1. The van der Waals surface area contributed by atoms with Crippen LogP contribution < -0.4 is 15.8 Å². The Morgan fingerprint density at radius 2 is 1.86 bits per heavy atom. The molecule has 0 unspecified atom stereocenters. The fourth-order valence-electron chi connectivity index (χ4n) is 1.71. The Morgan fingerprint density at radius 1 is 1.14 bits per heavy atom. The Kier molecular flexibility index (Phi) is 5.25. The number of halogens is 2. The van der Waals surface area contributed by atoms with Crippen molar-refractivity contribution >= 4 is 40.7 Å². The molecule has 3 N–H and O–H groups in total. The highest BCUT2D eigenvalue weighted by molar-refractivity contribution is 6.35. The fourth-order valence-corrected chi connectivity index (χ4v) is 2.05. The van der Waals surface area contributed by atoms with Crippen molar-refractivity contribution in [3.8, 4) is 5.75 Å². The number of primary amides is 1. The van der Waals surface area contributed by atoms with E-state index in [2.05, 4.69) is 5.32 Å². The number of benzene rings is 2. The minimum atomic E-state index is -0.631. The SMILES string of the molecule is NC(=O)COc1ccccc1C(=O)Nc1cc(Cl)ccc1Cl. The topological polar surface area (TPSA) is 81.4 Å². The number of carbonyl (C=O) groups is 2. The van der Waals surface area contributed by atoms with Gasteiger partial charge in [0.25, 0.3) is 11.8 Å². The predicted octanol–water partition coefficient (Wildman–Crippen LogP) is 3.11. The average molecular weight is 339 g/mol. The number of ether oxygens (including phenoxy) is 1. The van der Waals surface area contributed by atoms with Gasteiger partial charge < -0.3 is 15.8 Å². The minimum absolute atomic E-state index is 0.247. The summed E-state index contributed by atoms with van der Waals surface area (Å²) in [6.07, 6.45) is 0. The van der Waals surface area contributed by atoms with Gasteiger partial charge in [-0.25, -0.2) is 0 Å². The normalized spacial score (nSPS) is 10.1. The lowest BCUT2D eigenvalue weighted by atomic mass is 10.2. The first-order valence-electron chi connectivity index (χ1n) is 6.24. The quantitative estimate of drug-likeness (QED) is 0.878. The number of nitrogens with two attached hydrogens (primary N) is 1. The van der Waals surface area contributed by atoms with E-state index >= 15 is 0 Å². The van der Waals surface area contributed by atoms with Gasteiger partial charge >= 0.3 is 0 Å². The van der Waals surface area contributed by atoms with E-state index in [4.69, 9.17) is 33.7 Å². The average Bonchev–Trinajstić information content (AvgIpc) is 2.49. The number of carbonyl (C=O) groups excluding carboxylic acids is 2. The van der Waals surface area contributed by atoms with E-state index in [-0.39, 0.29) is 17.9 Å². The minimum Gasteiger partial charge on any atom is -0.483 e. The second kappa shape index (κ2) is 7.15. The molecule has 0 bridgehead atoms. The van der Waals surface area contributed by atoms with Gasteiger partial charge in [-0.1, -0.05) is 35.3 Å². The predicted molar refractivity (Wildman–Crippen MR) is 85.5 cm³/mol. The van der Waals surface area contributed by atoms with Crippen LogP contribution in [0.1, 0.15) is 10.4 Å². The molecular weight excluding hydrogens is 327 g/mol. The summed E-state index contributed by atoms with van der Waals surface area (Å²) in [6, 6.07) is 11.2. The molecule has 114 valence electrons. The van der Waals surface area contributed by atoms with Crippen LogP contribution in [0.25, 0.3) is 0 Å². The van der Waals surface area contributed by atoms with Gasteiger partial charge in [-0.2, -0.15) is 0 Å². The van der Waals surface area contributed by atoms with Crippen molar-refractivity contribution in [3.63, 3.8) is 0 Å². The largest absolute Gasteiger partial charge is 0.483 e. The van der Waals surface area contributed by atoms with Gasteiger partial charge in [-0.3, -0.25) is 9.59 Å². The molecule has 2 rings (SSSR count). The second-order valence-electron chi connectivity index (χ2n) is 4.33. The van der Waals surface area contributed by atoms with Crippen molar-refractivity contribution in [1.82, 2.24) is 0 Å². The molecule has 0 aliphatic carbocycles. The molecule has 5 nitrogen and oxygen atoms in total. The van der Waals surface area contributed by atoms with Gasteiger partial charge in [0.05, 0.1) is 16.3 Å². The summed E-state index contributed by atoms with van der Waals surface area (Å²) in [4.78, 5) is 23.1. The van der Waals surface area contributed by atoms with Crippen LogP contribution in [-0.2, 0) is 4.79 Å². The Labute approximate surface area is 137 Å². The van der Waals surface area contributed by atoms with E-state index in [0.717, 1.165) is 0 Å². The number of para-hydroxylation sites is 1. The highest BCUT2D eigenvalue weighted by Crippen LogP contribution is 2.27. The molecule has 0 aliphatic heterocycles. The first-order chi connectivity index (χ1) is 10.5. The van der Waals surface area contributed by atoms with Crippen molar-refractivity contribution in [3.05, 3.63) is 58.1 Å². The maximum absolute atomic E-state index is 12.3. The van der Waals surface area contributed by atoms with Gasteiger partial charge in [-0.15, -0.1) is 0 Å². The molecule has 0 fully saturated rings. The van der Waals surface area contributed by atoms with Crippen molar-refractivity contribution in [1.29, 1.82) is 0 Å². The lowest BCUT2D eigenvalue weighted by Gasteiger charge is -2.11. The van der Waals surface area contributed by atoms with E-state index in [0.29, 0.717) is 15.7 Å². The summed E-state index contributed by atoms with van der Waals surface area (Å²) in [5.74, 6) is -0.825. The van der Waals surface area contributed by atoms with Crippen LogP contribution in [0.15, 0.2) is 42.5 Å². The van der Waals surface area contributed by atoms with Gasteiger partial charge in [-0.05, 0) is 30.3 Å². The summed E-state index contributed by atoms with van der Waals surface area (Å²) in [5, 5.41) is 3.44. The number of rotatable bonds is 5. The Hall–Kier alpha value is -2.24. The molecule has 0 saturated carbocycles. The number of nitrogens with one attached hydrogen (secondary N) is 1. The molecule has 22 heavy (non-hydrogen) atoms. The van der Waals surface area contributed by atoms with Gasteiger partial charge in [0, 0.05) is 5.02 Å². The first-order valence-corrected chi connectivity index (χ1v) is 6.99. The maximum Gasteiger partial charge on any atom is 0.259 e. The monoisotopic (exact) mass is 338 g/mol. The van der Waals surface area contributed by atoms with Crippen LogP contribution in [0, 0.1) is 0 Å². The molecule has 2 amide bonds. The maximum atomic E-state index is 12.3. The third-order valence-corrected chi connectivity index (χ3v) is 3.24. The summed E-state index contributed by atoms with van der Waals surface area (Å²) < 4.78 is 5.22. The summed E-state index contributed by atoms with van der Waals surface area (Å²) in [5.41, 5.74) is 5.66. The Bertz CT molecular complexity index is 720. The number of anilines is 1. The molecular formula is C15H12Cl2N2O3. The first kappa shape index (κ1) is 16.1. The Balaban J connectivity index is 2.22. The molecule has 0 atom stereocenters. The Morgan fingerprint density at radius 3 is 2.59 bits per heavy atom. The molecule has 7 heteroatoms. The van der Waals surface area contributed by atoms with E-state index in [1.165, 1.54) is 6.07 Å². The van der Waals surface area contributed by atoms with Crippen molar-refractivity contribution in [2.45, 2.75) is 0 Å². The van der Waals surface area contributed by atoms with Crippen LogP contribution in [0.5, 0.6) is 5.75 Å². The van der Waals surface area contributed by atoms with E-state index < -0.39 is 11.8 Å². The molecule has 0 spiro atoms. The highest BCUT2D eigenvalue weighted by Gasteiger charge is 2.14. The van der Waals surface area contributed by atoms with E-state index in [1.54, 1.807) is 36.4 Å². The number of amides is 2. The van der Waals surface area contributed by atoms with Crippen molar-refractivity contribution in [2.24, 2.45) is 5.73 Å². The number of hydrogen-bond acceptors (Lipinski definition) is 3. The smallest absolute Gasteiger partial charge is 0.259 e. The number of hydrogen-bond donors (Lipinski definition) is 2. The van der Waals surface area contributed by atoms with Crippen LogP contribution in [0.2, 0.25) is 10.0 Å². The molecule has 0 radical (unpaired) electrons. The lowest BCUT2D eigenvalue weighted by Crippen LogP contribution is -2.21. The second-order valence-corrected chi connectivity index (χ2v) is 5.17. The molecule has 0 saturated heterocycles. The summed E-state index contributed by atoms with van der Waals surface area (Å²) >= 11 is 11.9. The summed E-state index contributed by atoms with van der Waals surface area (Å²) in [7, 11) is 0. The zero-order valence-corrected chi connectivity index (χ0v) is 12.8. The zero-order valence-electron chi connectivity index (χ0n) is 11.3. The summed E-state index contributed by atoms with van der Waals surface area (Å²) in [6.45, 7) is -0.317. The van der Waals surface area contributed by atoms with Crippen molar-refractivity contribution in [2.75, 3.05) is 11.9 Å². The van der Waals surface area contributed by atoms with Crippen LogP contribution in [-0.4, -0.2) is 18.4 Å². The highest BCUT2D eigenvalue weighted by atomic mass is 35.5. The molecule has 2 aromatic rings.